The number of hydrogen-bond donors (Lipinski definition) is 1. The highest BCUT2D eigenvalue weighted by molar-refractivity contribution is 7.86. The second kappa shape index (κ2) is 9.78. The standard InChI is InChI=1S/C20H25O7PS/c1-20(2,3)16-10-12-17(13-11-16)26-18-8-4-6-15(14-18)7-5-9-19(27-28(21)22)29(23,24)25/h4,6,8,10-14,19H,5,7,9H2,1-3H3,(H,23,24,25). The molecule has 0 saturated heterocycles. The van der Waals surface area contributed by atoms with Gasteiger partial charge in [-0.25, -0.2) is 0 Å². The van der Waals surface area contributed by atoms with E-state index in [9.17, 15) is 17.9 Å². The topological polar surface area (TPSA) is 113 Å². The first-order chi connectivity index (χ1) is 13.4. The smallest absolute Gasteiger partial charge is 0.489 e. The fraction of sp³-hybridized carbons (Fsp3) is 0.400. The first-order valence-corrected chi connectivity index (χ1v) is 11.7. The fourth-order valence-electron chi connectivity index (χ4n) is 2.75. The maximum Gasteiger partial charge on any atom is 0.489 e. The molecule has 9 heteroatoms. The largest absolute Gasteiger partial charge is 0.566 e. The summed E-state index contributed by atoms with van der Waals surface area (Å²) in [5, 5.41) is 0. The molecular formula is C20H25O7PS. The zero-order chi connectivity index (χ0) is 21.7. The van der Waals surface area contributed by atoms with Gasteiger partial charge in [0.1, 0.15) is 11.5 Å². The van der Waals surface area contributed by atoms with Gasteiger partial charge >= 0.3 is 8.25 Å². The van der Waals surface area contributed by atoms with Crippen LogP contribution in [-0.4, -0.2) is 18.4 Å². The van der Waals surface area contributed by atoms with Crippen LogP contribution in [0.15, 0.2) is 48.5 Å². The van der Waals surface area contributed by atoms with Gasteiger partial charge in [-0.1, -0.05) is 45.0 Å². The Labute approximate surface area is 172 Å². The minimum atomic E-state index is -4.61. The van der Waals surface area contributed by atoms with Crippen molar-refractivity contribution in [1.29, 1.82) is 0 Å². The molecule has 2 rings (SSSR count). The summed E-state index contributed by atoms with van der Waals surface area (Å²) >= 11 is 0. The van der Waals surface area contributed by atoms with Gasteiger partial charge in [-0.05, 0) is 64.6 Å². The Morgan fingerprint density at radius 3 is 2.31 bits per heavy atom. The van der Waals surface area contributed by atoms with Crippen molar-refractivity contribution in [2.24, 2.45) is 0 Å². The Hall–Kier alpha value is -1.83. The first kappa shape index (κ1) is 23.4. The van der Waals surface area contributed by atoms with Crippen molar-refractivity contribution in [3.8, 4) is 11.5 Å². The Morgan fingerprint density at radius 2 is 1.76 bits per heavy atom. The molecule has 0 aliphatic heterocycles. The third-order valence-electron chi connectivity index (χ3n) is 4.30. The minimum Gasteiger partial charge on any atom is -0.566 e. The molecule has 0 bridgehead atoms. The molecule has 0 saturated carbocycles. The van der Waals surface area contributed by atoms with E-state index in [1.807, 2.05) is 48.5 Å². The van der Waals surface area contributed by atoms with Crippen molar-refractivity contribution in [3.05, 3.63) is 59.7 Å². The average molecular weight is 440 g/mol. The SMILES string of the molecule is CC(C)(C)c1ccc(Oc2cccc(CCCC(O[P+](=O)[O-])S(=O)(=O)O)c2)cc1. The van der Waals surface area contributed by atoms with Crippen LogP contribution in [0, 0.1) is 0 Å². The van der Waals surface area contributed by atoms with E-state index in [4.69, 9.17) is 9.29 Å². The summed E-state index contributed by atoms with van der Waals surface area (Å²) in [6.45, 7) is 6.41. The molecule has 7 nitrogen and oxygen atoms in total. The molecule has 0 spiro atoms. The zero-order valence-electron chi connectivity index (χ0n) is 16.6. The normalized spacial score (nSPS) is 13.8. The third-order valence-corrected chi connectivity index (χ3v) is 5.86. The van der Waals surface area contributed by atoms with Crippen LogP contribution >= 0.6 is 8.25 Å². The van der Waals surface area contributed by atoms with Crippen molar-refractivity contribution in [1.82, 2.24) is 0 Å². The highest BCUT2D eigenvalue weighted by Crippen LogP contribution is 2.28. The van der Waals surface area contributed by atoms with Crippen molar-refractivity contribution in [2.45, 2.75) is 50.9 Å². The predicted octanol–water partition coefficient (Wildman–Crippen LogP) is 4.35. The lowest BCUT2D eigenvalue weighted by molar-refractivity contribution is -0.187. The lowest BCUT2D eigenvalue weighted by Crippen LogP contribution is -2.22. The van der Waals surface area contributed by atoms with E-state index >= 15 is 0 Å². The molecule has 1 N–H and O–H groups in total. The van der Waals surface area contributed by atoms with Crippen LogP contribution < -0.4 is 9.63 Å². The Bertz CT molecular complexity index is 934. The van der Waals surface area contributed by atoms with Gasteiger partial charge in [-0.15, -0.1) is 4.52 Å². The van der Waals surface area contributed by atoms with Gasteiger partial charge in [0, 0.05) is 0 Å². The molecule has 2 aromatic rings. The Kier molecular flexibility index (Phi) is 7.91. The molecule has 0 radical (unpaired) electrons. The zero-order valence-corrected chi connectivity index (χ0v) is 18.3. The van der Waals surface area contributed by atoms with E-state index in [0.29, 0.717) is 24.3 Å². The van der Waals surface area contributed by atoms with Gasteiger partial charge in [-0.2, -0.15) is 8.42 Å². The quantitative estimate of drug-likeness (QED) is 0.456. The Balaban J connectivity index is 1.98. The molecule has 0 amide bonds. The van der Waals surface area contributed by atoms with Gasteiger partial charge in [-0.3, -0.25) is 4.55 Å². The molecule has 2 atom stereocenters. The number of hydrogen-bond acceptors (Lipinski definition) is 6. The maximum atomic E-state index is 11.2. The van der Waals surface area contributed by atoms with Crippen LogP contribution in [0.25, 0.3) is 0 Å². The van der Waals surface area contributed by atoms with Gasteiger partial charge in [0.05, 0.1) is 0 Å². The van der Waals surface area contributed by atoms with E-state index in [-0.39, 0.29) is 11.8 Å². The Morgan fingerprint density at radius 1 is 1.10 bits per heavy atom. The summed E-state index contributed by atoms with van der Waals surface area (Å²) in [5.41, 5.74) is 0.356. The summed E-state index contributed by atoms with van der Waals surface area (Å²) < 4.78 is 52.2. The van der Waals surface area contributed by atoms with Gasteiger partial charge in [0.2, 0.25) is 5.44 Å². The molecular weight excluding hydrogens is 415 g/mol. The molecule has 2 unspecified atom stereocenters. The van der Waals surface area contributed by atoms with Gasteiger partial charge in [0.25, 0.3) is 10.1 Å². The first-order valence-electron chi connectivity index (χ1n) is 9.10. The second-order valence-corrected chi connectivity index (χ2v) is 9.90. The van der Waals surface area contributed by atoms with Crippen molar-refractivity contribution in [3.63, 3.8) is 0 Å². The lowest BCUT2D eigenvalue weighted by Gasteiger charge is -2.19. The van der Waals surface area contributed by atoms with Crippen molar-refractivity contribution in [2.75, 3.05) is 0 Å². The molecule has 0 aromatic heterocycles. The minimum absolute atomic E-state index is 0.0570. The van der Waals surface area contributed by atoms with Crippen molar-refractivity contribution >= 4 is 18.4 Å². The molecule has 2 aromatic carbocycles. The molecule has 29 heavy (non-hydrogen) atoms. The van der Waals surface area contributed by atoms with E-state index < -0.39 is 23.8 Å². The molecule has 0 aliphatic rings. The van der Waals surface area contributed by atoms with E-state index in [1.54, 1.807) is 0 Å². The van der Waals surface area contributed by atoms with Crippen LogP contribution in [0.2, 0.25) is 0 Å². The maximum absolute atomic E-state index is 11.2. The molecule has 0 heterocycles. The van der Waals surface area contributed by atoms with E-state index in [1.165, 1.54) is 5.56 Å². The van der Waals surface area contributed by atoms with Gasteiger partial charge in [0.15, 0.2) is 0 Å². The predicted molar refractivity (Wildman–Crippen MR) is 109 cm³/mol. The number of benzene rings is 2. The summed E-state index contributed by atoms with van der Waals surface area (Å²) in [4.78, 5) is 10.6. The summed E-state index contributed by atoms with van der Waals surface area (Å²) in [6.07, 6.45) is 0.615. The lowest BCUT2D eigenvalue weighted by atomic mass is 9.87. The van der Waals surface area contributed by atoms with E-state index in [0.717, 1.165) is 5.56 Å². The van der Waals surface area contributed by atoms with Crippen molar-refractivity contribution < 1.29 is 31.7 Å². The van der Waals surface area contributed by atoms with Crippen LogP contribution in [0.3, 0.4) is 0 Å². The third kappa shape index (κ3) is 7.84. The average Bonchev–Trinajstić information content (AvgIpc) is 2.60. The van der Waals surface area contributed by atoms with Gasteiger partial charge < -0.3 is 9.63 Å². The van der Waals surface area contributed by atoms with Crippen LogP contribution in [0.5, 0.6) is 11.5 Å². The number of aryl methyl sites for hydroxylation is 1. The number of rotatable bonds is 9. The van der Waals surface area contributed by atoms with Crippen LogP contribution in [0.4, 0.5) is 0 Å². The van der Waals surface area contributed by atoms with Crippen LogP contribution in [0.1, 0.15) is 44.7 Å². The second-order valence-electron chi connectivity index (χ2n) is 7.69. The summed E-state index contributed by atoms with van der Waals surface area (Å²) in [7, 11) is -7.99. The summed E-state index contributed by atoms with van der Waals surface area (Å²) in [5.74, 6) is 1.34. The summed E-state index contributed by atoms with van der Waals surface area (Å²) in [6, 6.07) is 15.2. The highest BCUT2D eigenvalue weighted by atomic mass is 32.2. The van der Waals surface area contributed by atoms with E-state index in [2.05, 4.69) is 25.3 Å². The monoisotopic (exact) mass is 440 g/mol. The number of ether oxygens (including phenoxy) is 1. The molecule has 0 aliphatic carbocycles. The molecule has 0 fully saturated rings. The molecule has 158 valence electrons. The van der Waals surface area contributed by atoms with Crippen LogP contribution in [-0.2, 0) is 31.0 Å². The highest BCUT2D eigenvalue weighted by Gasteiger charge is 2.29. The fourth-order valence-corrected chi connectivity index (χ4v) is 4.16.